The number of aromatic amines is 1. The van der Waals surface area contributed by atoms with E-state index in [0.29, 0.717) is 6.04 Å². The van der Waals surface area contributed by atoms with Gasteiger partial charge in [-0.15, -0.1) is 11.3 Å². The molecule has 140 valence electrons. The monoisotopic (exact) mass is 382 g/mol. The molecule has 0 spiro atoms. The number of hydrogen-bond donors (Lipinski definition) is 2. The molecule has 0 bridgehead atoms. The molecule has 1 fully saturated rings. The van der Waals surface area contributed by atoms with E-state index in [2.05, 4.69) is 17.1 Å². The lowest BCUT2D eigenvalue weighted by atomic mass is 10.2. The van der Waals surface area contributed by atoms with Crippen LogP contribution in [0.3, 0.4) is 0 Å². The Bertz CT molecular complexity index is 1030. The van der Waals surface area contributed by atoms with Gasteiger partial charge in [-0.2, -0.15) is 0 Å². The fourth-order valence-electron chi connectivity index (χ4n) is 4.19. The molecule has 0 aliphatic heterocycles. The number of nitrogens with zero attached hydrogens (tertiary/aromatic N) is 1. The van der Waals surface area contributed by atoms with Gasteiger partial charge >= 0.3 is 0 Å². The summed E-state index contributed by atoms with van der Waals surface area (Å²) < 4.78 is 5.25. The molecule has 2 aliphatic rings. The van der Waals surface area contributed by atoms with Crippen LogP contribution in [-0.4, -0.2) is 23.1 Å². The van der Waals surface area contributed by atoms with Crippen molar-refractivity contribution >= 4 is 21.6 Å². The molecular weight excluding hydrogens is 358 g/mol. The molecule has 5 nitrogen and oxygen atoms in total. The molecule has 0 saturated heterocycles. The van der Waals surface area contributed by atoms with E-state index in [0.717, 1.165) is 47.7 Å². The minimum absolute atomic E-state index is 0.0500. The van der Waals surface area contributed by atoms with Gasteiger partial charge in [-0.05, 0) is 49.1 Å². The zero-order chi connectivity index (χ0) is 18.4. The summed E-state index contributed by atoms with van der Waals surface area (Å²) in [7, 11) is 1.69. The SMILES string of the molecule is COc1ccc(C[NH+](Cc2nc3sc4c(c3c(=O)[nH]2)CCC4)C2CC2)cc1. The second-order valence-electron chi connectivity index (χ2n) is 7.68. The molecule has 6 heteroatoms. The fraction of sp³-hybridized carbons (Fsp3) is 0.429. The first kappa shape index (κ1) is 17.0. The predicted molar refractivity (Wildman–Crippen MR) is 107 cm³/mol. The van der Waals surface area contributed by atoms with E-state index in [1.807, 2.05) is 12.1 Å². The first-order chi connectivity index (χ1) is 13.2. The van der Waals surface area contributed by atoms with Gasteiger partial charge in [0, 0.05) is 23.3 Å². The van der Waals surface area contributed by atoms with Gasteiger partial charge in [0.2, 0.25) is 0 Å². The normalized spacial score (nSPS) is 17.2. The topological polar surface area (TPSA) is 59.4 Å². The third-order valence-corrected chi connectivity index (χ3v) is 6.95. The number of rotatable bonds is 6. The maximum Gasteiger partial charge on any atom is 0.260 e. The second-order valence-corrected chi connectivity index (χ2v) is 8.77. The third kappa shape index (κ3) is 3.28. The highest BCUT2D eigenvalue weighted by molar-refractivity contribution is 7.18. The van der Waals surface area contributed by atoms with E-state index in [1.165, 1.54) is 40.2 Å². The van der Waals surface area contributed by atoms with Crippen molar-refractivity contribution in [3.8, 4) is 5.75 Å². The fourth-order valence-corrected chi connectivity index (χ4v) is 5.47. The van der Waals surface area contributed by atoms with E-state index in [4.69, 9.17) is 9.72 Å². The zero-order valence-corrected chi connectivity index (χ0v) is 16.3. The predicted octanol–water partition coefficient (Wildman–Crippen LogP) is 2.23. The lowest BCUT2D eigenvalue weighted by Crippen LogP contribution is -3.10. The van der Waals surface area contributed by atoms with Crippen LogP contribution >= 0.6 is 11.3 Å². The van der Waals surface area contributed by atoms with Crippen molar-refractivity contribution in [3.05, 3.63) is 56.4 Å². The first-order valence-corrected chi connectivity index (χ1v) is 10.5. The van der Waals surface area contributed by atoms with Gasteiger partial charge in [0.1, 0.15) is 23.7 Å². The van der Waals surface area contributed by atoms with Crippen molar-refractivity contribution in [2.75, 3.05) is 7.11 Å². The Hall–Kier alpha value is -2.18. The van der Waals surface area contributed by atoms with Crippen LogP contribution in [0.15, 0.2) is 29.1 Å². The maximum atomic E-state index is 12.7. The van der Waals surface area contributed by atoms with Crippen molar-refractivity contribution < 1.29 is 9.64 Å². The number of quaternary nitrogens is 1. The van der Waals surface area contributed by atoms with Gasteiger partial charge in [-0.25, -0.2) is 4.98 Å². The number of thiophene rings is 1. The zero-order valence-electron chi connectivity index (χ0n) is 15.5. The number of aromatic nitrogens is 2. The number of benzene rings is 1. The van der Waals surface area contributed by atoms with Crippen molar-refractivity contribution in [3.63, 3.8) is 0 Å². The molecule has 1 unspecified atom stereocenters. The second kappa shape index (κ2) is 6.77. The molecule has 27 heavy (non-hydrogen) atoms. The lowest BCUT2D eigenvalue weighted by Gasteiger charge is -2.19. The maximum absolute atomic E-state index is 12.7. The number of hydrogen-bond acceptors (Lipinski definition) is 4. The van der Waals surface area contributed by atoms with Crippen LogP contribution in [0.4, 0.5) is 0 Å². The molecule has 1 aromatic carbocycles. The van der Waals surface area contributed by atoms with Crippen LogP contribution in [0.5, 0.6) is 5.75 Å². The van der Waals surface area contributed by atoms with Gasteiger partial charge in [0.25, 0.3) is 5.56 Å². The first-order valence-electron chi connectivity index (χ1n) is 9.72. The Balaban J connectivity index is 1.40. The molecule has 2 N–H and O–H groups in total. The Morgan fingerprint density at radius 2 is 2.04 bits per heavy atom. The number of fused-ring (bicyclic) bond motifs is 3. The number of nitrogens with one attached hydrogen (secondary N) is 2. The van der Waals surface area contributed by atoms with Crippen molar-refractivity contribution in [2.45, 2.75) is 51.2 Å². The standard InChI is InChI=1S/C21H23N3O2S/c1-26-15-9-5-13(6-10-15)11-24(14-7-8-14)12-18-22-20(25)19-16-3-2-4-17(16)27-21(19)23-18/h5-6,9-10,14H,2-4,7-8,11-12H2,1H3,(H,22,23,25)/p+1. The highest BCUT2D eigenvalue weighted by Gasteiger charge is 2.34. The number of H-pyrrole nitrogens is 1. The summed E-state index contributed by atoms with van der Waals surface area (Å²) in [6.07, 6.45) is 5.80. The number of ether oxygens (including phenoxy) is 1. The molecule has 2 aromatic heterocycles. The molecule has 5 rings (SSSR count). The van der Waals surface area contributed by atoms with Crippen LogP contribution in [0.1, 0.15) is 41.1 Å². The summed E-state index contributed by atoms with van der Waals surface area (Å²) in [5.41, 5.74) is 2.59. The highest BCUT2D eigenvalue weighted by atomic mass is 32.1. The average molecular weight is 383 g/mol. The lowest BCUT2D eigenvalue weighted by molar-refractivity contribution is -0.939. The van der Waals surface area contributed by atoms with E-state index >= 15 is 0 Å². The van der Waals surface area contributed by atoms with Crippen LogP contribution in [-0.2, 0) is 25.9 Å². The Labute approximate surface area is 162 Å². The van der Waals surface area contributed by atoms with Crippen molar-refractivity contribution in [1.29, 1.82) is 0 Å². The van der Waals surface area contributed by atoms with E-state index in [-0.39, 0.29) is 5.56 Å². The summed E-state index contributed by atoms with van der Waals surface area (Å²) in [6.45, 7) is 1.71. The molecule has 1 atom stereocenters. The average Bonchev–Trinajstić information content (AvgIpc) is 3.32. The van der Waals surface area contributed by atoms with E-state index < -0.39 is 0 Å². The van der Waals surface area contributed by atoms with Crippen LogP contribution in [0, 0.1) is 0 Å². The van der Waals surface area contributed by atoms with E-state index in [1.54, 1.807) is 18.4 Å². The highest BCUT2D eigenvalue weighted by Crippen LogP contribution is 2.34. The molecule has 3 aromatic rings. The van der Waals surface area contributed by atoms with Gasteiger partial charge in [0.15, 0.2) is 5.82 Å². The van der Waals surface area contributed by atoms with E-state index in [9.17, 15) is 4.79 Å². The molecule has 1 saturated carbocycles. The van der Waals surface area contributed by atoms with Crippen molar-refractivity contribution in [2.24, 2.45) is 0 Å². The summed E-state index contributed by atoms with van der Waals surface area (Å²) in [4.78, 5) is 24.4. The van der Waals surface area contributed by atoms with Gasteiger partial charge in [-0.3, -0.25) is 4.79 Å². The van der Waals surface area contributed by atoms with Crippen LogP contribution < -0.4 is 15.2 Å². The summed E-state index contributed by atoms with van der Waals surface area (Å²) >= 11 is 1.72. The quantitative estimate of drug-likeness (QED) is 0.687. The molecule has 0 amide bonds. The molecule has 0 radical (unpaired) electrons. The van der Waals surface area contributed by atoms with Gasteiger partial charge < -0.3 is 14.6 Å². The van der Waals surface area contributed by atoms with Gasteiger partial charge in [0.05, 0.1) is 18.5 Å². The molecule has 2 heterocycles. The third-order valence-electron chi connectivity index (χ3n) is 5.76. The minimum atomic E-state index is 0.0500. The molecular formula is C21H24N3O2S+. The summed E-state index contributed by atoms with van der Waals surface area (Å²) in [5.74, 6) is 1.71. The van der Waals surface area contributed by atoms with Gasteiger partial charge in [-0.1, -0.05) is 0 Å². The minimum Gasteiger partial charge on any atom is -0.497 e. The molecule has 2 aliphatic carbocycles. The Kier molecular flexibility index (Phi) is 4.25. The van der Waals surface area contributed by atoms with Crippen LogP contribution in [0.25, 0.3) is 10.2 Å². The number of aryl methyl sites for hydroxylation is 2. The Morgan fingerprint density at radius 1 is 1.22 bits per heavy atom. The smallest absolute Gasteiger partial charge is 0.260 e. The van der Waals surface area contributed by atoms with Crippen molar-refractivity contribution in [1.82, 2.24) is 9.97 Å². The summed E-state index contributed by atoms with van der Waals surface area (Å²) in [5, 5.41) is 0.847. The summed E-state index contributed by atoms with van der Waals surface area (Å²) in [6, 6.07) is 8.95. The Morgan fingerprint density at radius 3 is 2.78 bits per heavy atom. The largest absolute Gasteiger partial charge is 0.497 e. The number of methoxy groups -OCH3 is 1. The van der Waals surface area contributed by atoms with Crippen LogP contribution in [0.2, 0.25) is 0 Å².